The molecule has 1 saturated heterocycles. The molecule has 4 aromatic rings. The van der Waals surface area contributed by atoms with Gasteiger partial charge in [0.25, 0.3) is 0 Å². The van der Waals surface area contributed by atoms with Crippen LogP contribution in [0, 0.1) is 0 Å². The lowest BCUT2D eigenvalue weighted by atomic mass is 10.2. The van der Waals surface area contributed by atoms with Crippen LogP contribution in [0.4, 0.5) is 23.0 Å². The molecule has 0 unspecified atom stereocenters. The second-order valence-electron chi connectivity index (χ2n) is 8.99. The number of aromatic nitrogens is 2. The fourth-order valence-corrected chi connectivity index (χ4v) is 4.29. The number of nitrogens with zero attached hydrogens (tertiary/aromatic N) is 4. The fourth-order valence-electron chi connectivity index (χ4n) is 4.29. The van der Waals surface area contributed by atoms with Crippen LogP contribution in [0.2, 0.25) is 0 Å². The van der Waals surface area contributed by atoms with E-state index in [1.54, 1.807) is 31.4 Å². The molecular weight excluding hydrogens is 480 g/mol. The quantitative estimate of drug-likeness (QED) is 0.318. The molecule has 1 aliphatic heterocycles. The third kappa shape index (κ3) is 5.68. The molecule has 0 aliphatic carbocycles. The summed E-state index contributed by atoms with van der Waals surface area (Å²) in [6.45, 7) is 7.49. The van der Waals surface area contributed by atoms with Crippen LogP contribution < -0.4 is 25.0 Å². The first-order valence-corrected chi connectivity index (χ1v) is 12.4. The summed E-state index contributed by atoms with van der Waals surface area (Å²) in [4.78, 5) is 25.8. The Morgan fingerprint density at radius 3 is 2.61 bits per heavy atom. The van der Waals surface area contributed by atoms with E-state index in [-0.39, 0.29) is 5.91 Å². The minimum atomic E-state index is -0.297. The van der Waals surface area contributed by atoms with Crippen LogP contribution in [-0.2, 0) is 4.79 Å². The predicted molar refractivity (Wildman–Crippen MR) is 151 cm³/mol. The normalized spacial score (nSPS) is 13.7. The van der Waals surface area contributed by atoms with Gasteiger partial charge in [-0.2, -0.15) is 4.98 Å². The fraction of sp³-hybridized carbons (Fsp3) is 0.207. The summed E-state index contributed by atoms with van der Waals surface area (Å²) in [6, 6.07) is 20.8. The number of nitrogens with one attached hydrogen (secondary N) is 2. The molecule has 0 atom stereocenters. The molecule has 3 aromatic carbocycles. The lowest BCUT2D eigenvalue weighted by Crippen LogP contribution is -2.44. The van der Waals surface area contributed by atoms with Crippen LogP contribution in [0.15, 0.2) is 79.4 Å². The number of carbonyl (C=O) groups is 1. The van der Waals surface area contributed by atoms with Gasteiger partial charge >= 0.3 is 0 Å². The summed E-state index contributed by atoms with van der Waals surface area (Å²) in [7, 11) is 3.80. The molecule has 0 bridgehead atoms. The van der Waals surface area contributed by atoms with Crippen LogP contribution in [0.5, 0.6) is 17.4 Å². The Hall–Kier alpha value is -4.63. The number of para-hydroxylation sites is 1. The number of fused-ring (bicyclic) bond motifs is 1. The van der Waals surface area contributed by atoms with Crippen molar-refractivity contribution in [3.05, 3.63) is 79.4 Å². The molecule has 1 aliphatic rings. The number of carbonyl (C=O) groups excluding carboxylic acids is 1. The van der Waals surface area contributed by atoms with Gasteiger partial charge in [-0.1, -0.05) is 24.8 Å². The molecule has 1 aromatic heterocycles. The minimum absolute atomic E-state index is 0.297. The van der Waals surface area contributed by atoms with Crippen molar-refractivity contribution < 1.29 is 14.3 Å². The Kier molecular flexibility index (Phi) is 7.37. The van der Waals surface area contributed by atoms with Crippen molar-refractivity contribution in [2.24, 2.45) is 0 Å². The molecule has 0 saturated carbocycles. The number of ether oxygens (including phenoxy) is 2. The van der Waals surface area contributed by atoms with E-state index >= 15 is 0 Å². The van der Waals surface area contributed by atoms with E-state index in [1.807, 2.05) is 36.4 Å². The van der Waals surface area contributed by atoms with E-state index in [9.17, 15) is 4.79 Å². The SMILES string of the molecule is C=CC(=O)Nc1cccc(Oc2nc(Nc3ccc(N4CCN(C)CC4)cc3OC)nc3ccccc23)c1. The van der Waals surface area contributed by atoms with Gasteiger partial charge in [-0.3, -0.25) is 4.79 Å². The van der Waals surface area contributed by atoms with Gasteiger partial charge in [0.05, 0.1) is 23.7 Å². The van der Waals surface area contributed by atoms with Gasteiger partial charge in [0.1, 0.15) is 11.5 Å². The van der Waals surface area contributed by atoms with Crippen LogP contribution in [-0.4, -0.2) is 61.1 Å². The van der Waals surface area contributed by atoms with E-state index in [2.05, 4.69) is 45.1 Å². The summed E-state index contributed by atoms with van der Waals surface area (Å²) < 4.78 is 11.9. The molecule has 5 rings (SSSR count). The van der Waals surface area contributed by atoms with Crippen molar-refractivity contribution in [1.29, 1.82) is 0 Å². The smallest absolute Gasteiger partial charge is 0.247 e. The lowest BCUT2D eigenvalue weighted by Gasteiger charge is -2.34. The monoisotopic (exact) mass is 510 g/mol. The van der Waals surface area contributed by atoms with E-state index in [0.717, 1.165) is 48.5 Å². The van der Waals surface area contributed by atoms with E-state index in [1.165, 1.54) is 6.08 Å². The number of methoxy groups -OCH3 is 1. The van der Waals surface area contributed by atoms with Crippen LogP contribution in [0.1, 0.15) is 0 Å². The number of amides is 1. The molecule has 1 fully saturated rings. The molecule has 1 amide bonds. The second kappa shape index (κ2) is 11.2. The summed E-state index contributed by atoms with van der Waals surface area (Å²) in [5.74, 6) is 1.69. The van der Waals surface area contributed by atoms with Crippen molar-refractivity contribution in [2.75, 3.05) is 55.9 Å². The average Bonchev–Trinajstić information content (AvgIpc) is 2.94. The molecule has 2 N–H and O–H groups in total. The van der Waals surface area contributed by atoms with E-state index in [4.69, 9.17) is 14.5 Å². The first kappa shape index (κ1) is 25.0. The molecule has 9 heteroatoms. The highest BCUT2D eigenvalue weighted by atomic mass is 16.5. The maximum atomic E-state index is 11.7. The van der Waals surface area contributed by atoms with Gasteiger partial charge < -0.3 is 29.9 Å². The molecular formula is C29H30N6O3. The lowest BCUT2D eigenvalue weighted by molar-refractivity contribution is -0.111. The molecule has 194 valence electrons. The molecule has 38 heavy (non-hydrogen) atoms. The van der Waals surface area contributed by atoms with Gasteiger partial charge in [-0.15, -0.1) is 0 Å². The highest BCUT2D eigenvalue weighted by Gasteiger charge is 2.17. The van der Waals surface area contributed by atoms with Crippen molar-refractivity contribution in [3.8, 4) is 17.4 Å². The first-order chi connectivity index (χ1) is 18.5. The minimum Gasteiger partial charge on any atom is -0.494 e. The Morgan fingerprint density at radius 1 is 1.00 bits per heavy atom. The number of hydrogen-bond donors (Lipinski definition) is 2. The number of piperazine rings is 1. The predicted octanol–water partition coefficient (Wildman–Crippen LogP) is 5.05. The molecule has 0 spiro atoms. The summed E-state index contributed by atoms with van der Waals surface area (Å²) in [5, 5.41) is 6.80. The highest BCUT2D eigenvalue weighted by Crippen LogP contribution is 2.34. The maximum absolute atomic E-state index is 11.7. The number of rotatable bonds is 8. The standard InChI is InChI=1S/C29H30N6O3/c1-4-27(36)30-20-8-7-9-22(18-20)38-28-23-10-5-6-11-24(23)31-29(33-28)32-25-13-12-21(19-26(25)37-3)35-16-14-34(2)15-17-35/h4-13,18-19H,1,14-17H2,2-3H3,(H,30,36)(H,31,32,33). The highest BCUT2D eigenvalue weighted by molar-refractivity contribution is 5.99. The maximum Gasteiger partial charge on any atom is 0.247 e. The van der Waals surface area contributed by atoms with Crippen molar-refractivity contribution in [3.63, 3.8) is 0 Å². The zero-order chi connectivity index (χ0) is 26.5. The number of benzene rings is 3. The average molecular weight is 511 g/mol. The number of anilines is 4. The topological polar surface area (TPSA) is 91.8 Å². The largest absolute Gasteiger partial charge is 0.494 e. The van der Waals surface area contributed by atoms with Crippen LogP contribution >= 0.6 is 0 Å². The van der Waals surface area contributed by atoms with Gasteiger partial charge in [-0.25, -0.2) is 4.98 Å². The van der Waals surface area contributed by atoms with E-state index < -0.39 is 0 Å². The Bertz CT molecular complexity index is 1470. The Balaban J connectivity index is 1.43. The van der Waals surface area contributed by atoms with E-state index in [0.29, 0.717) is 29.0 Å². The van der Waals surface area contributed by atoms with Gasteiger partial charge in [-0.05, 0) is 49.5 Å². The van der Waals surface area contributed by atoms with Crippen LogP contribution in [0.3, 0.4) is 0 Å². The van der Waals surface area contributed by atoms with Gasteiger partial charge in [0, 0.05) is 49.7 Å². The first-order valence-electron chi connectivity index (χ1n) is 12.4. The van der Waals surface area contributed by atoms with Gasteiger partial charge in [0.15, 0.2) is 0 Å². The summed E-state index contributed by atoms with van der Waals surface area (Å²) in [5.41, 5.74) is 3.19. The second-order valence-corrected chi connectivity index (χ2v) is 8.99. The molecule has 0 radical (unpaired) electrons. The van der Waals surface area contributed by atoms with Crippen molar-refractivity contribution in [1.82, 2.24) is 14.9 Å². The Labute approximate surface area is 221 Å². The van der Waals surface area contributed by atoms with Crippen LogP contribution in [0.25, 0.3) is 10.9 Å². The summed E-state index contributed by atoms with van der Waals surface area (Å²) >= 11 is 0. The Morgan fingerprint density at radius 2 is 1.82 bits per heavy atom. The zero-order valence-electron chi connectivity index (χ0n) is 21.5. The van der Waals surface area contributed by atoms with Crippen molar-refractivity contribution >= 4 is 39.8 Å². The molecule has 2 heterocycles. The van der Waals surface area contributed by atoms with Crippen molar-refractivity contribution in [2.45, 2.75) is 0 Å². The van der Waals surface area contributed by atoms with Gasteiger partial charge in [0.2, 0.25) is 17.7 Å². The summed E-state index contributed by atoms with van der Waals surface area (Å²) in [6.07, 6.45) is 1.22. The number of hydrogen-bond acceptors (Lipinski definition) is 8. The molecule has 9 nitrogen and oxygen atoms in total. The third-order valence-electron chi connectivity index (χ3n) is 6.37. The number of likely N-dealkylation sites (N-methyl/N-ethyl adjacent to an activating group) is 1. The zero-order valence-corrected chi connectivity index (χ0v) is 21.5. The third-order valence-corrected chi connectivity index (χ3v) is 6.37.